The first-order valence-corrected chi connectivity index (χ1v) is 8.16. The van der Waals surface area contributed by atoms with Crippen molar-refractivity contribution in [2.75, 3.05) is 5.32 Å². The van der Waals surface area contributed by atoms with Crippen LogP contribution in [0.15, 0.2) is 60.9 Å². The van der Waals surface area contributed by atoms with Crippen molar-refractivity contribution >= 4 is 29.0 Å². The molecule has 0 aliphatic heterocycles. The molecule has 0 saturated carbocycles. The molecule has 0 radical (unpaired) electrons. The molecule has 0 aliphatic carbocycles. The predicted octanol–water partition coefficient (Wildman–Crippen LogP) is 4.11. The summed E-state index contributed by atoms with van der Waals surface area (Å²) in [5, 5.41) is 6.61. The van der Waals surface area contributed by atoms with Crippen molar-refractivity contribution in [3.05, 3.63) is 82.8 Å². The first kappa shape index (κ1) is 16.9. The van der Waals surface area contributed by atoms with Gasteiger partial charge in [0.1, 0.15) is 11.5 Å². The van der Waals surface area contributed by atoms with Crippen LogP contribution in [0.4, 0.5) is 11.5 Å². The Bertz CT molecular complexity index is 846. The topological polar surface area (TPSA) is 66.9 Å². The molecule has 0 unspecified atom stereocenters. The predicted molar refractivity (Wildman–Crippen MR) is 99.1 cm³/mol. The summed E-state index contributed by atoms with van der Waals surface area (Å²) in [6.45, 7) is 2.43. The third-order valence-corrected chi connectivity index (χ3v) is 3.83. The molecule has 0 spiro atoms. The van der Waals surface area contributed by atoms with Crippen molar-refractivity contribution in [3.63, 3.8) is 0 Å². The minimum Gasteiger partial charge on any atom is -0.347 e. The van der Waals surface area contributed by atoms with Gasteiger partial charge in [-0.25, -0.2) is 9.97 Å². The molecular formula is C19H17ClN4O. The van der Waals surface area contributed by atoms with Crippen LogP contribution in [0.3, 0.4) is 0 Å². The molecule has 6 heteroatoms. The van der Waals surface area contributed by atoms with Gasteiger partial charge in [0, 0.05) is 17.3 Å². The van der Waals surface area contributed by atoms with Crippen LogP contribution in [0.2, 0.25) is 5.02 Å². The molecule has 3 rings (SSSR count). The zero-order valence-corrected chi connectivity index (χ0v) is 14.4. The highest BCUT2D eigenvalue weighted by molar-refractivity contribution is 6.30. The van der Waals surface area contributed by atoms with E-state index in [1.165, 1.54) is 18.0 Å². The van der Waals surface area contributed by atoms with E-state index < -0.39 is 0 Å². The van der Waals surface area contributed by atoms with Gasteiger partial charge in [0.25, 0.3) is 5.91 Å². The third-order valence-electron chi connectivity index (χ3n) is 3.57. The molecule has 5 nitrogen and oxygen atoms in total. The van der Waals surface area contributed by atoms with Crippen molar-refractivity contribution in [2.24, 2.45) is 0 Å². The second-order valence-corrected chi connectivity index (χ2v) is 6.02. The molecule has 126 valence electrons. The Labute approximate surface area is 151 Å². The van der Waals surface area contributed by atoms with E-state index in [1.54, 1.807) is 12.1 Å². The van der Waals surface area contributed by atoms with Gasteiger partial charge in [-0.2, -0.15) is 0 Å². The maximum atomic E-state index is 12.1. The van der Waals surface area contributed by atoms with Crippen LogP contribution < -0.4 is 10.6 Å². The second-order valence-electron chi connectivity index (χ2n) is 5.59. The normalized spacial score (nSPS) is 10.3. The highest BCUT2D eigenvalue weighted by Crippen LogP contribution is 2.14. The molecule has 0 atom stereocenters. The van der Waals surface area contributed by atoms with Crippen molar-refractivity contribution in [3.8, 4) is 0 Å². The van der Waals surface area contributed by atoms with E-state index in [9.17, 15) is 4.79 Å². The number of nitrogens with one attached hydrogen (secondary N) is 2. The fourth-order valence-electron chi connectivity index (χ4n) is 2.17. The van der Waals surface area contributed by atoms with Crippen LogP contribution in [-0.4, -0.2) is 15.9 Å². The number of nitrogens with zero attached hydrogens (tertiary/aromatic N) is 2. The summed E-state index contributed by atoms with van der Waals surface area (Å²) >= 11 is 5.84. The van der Waals surface area contributed by atoms with E-state index in [2.05, 4.69) is 20.6 Å². The lowest BCUT2D eigenvalue weighted by molar-refractivity contribution is 0.0945. The van der Waals surface area contributed by atoms with Gasteiger partial charge < -0.3 is 10.6 Å². The van der Waals surface area contributed by atoms with E-state index in [1.807, 2.05) is 43.3 Å². The number of carbonyl (C=O) groups excluding carboxylic acids is 1. The van der Waals surface area contributed by atoms with E-state index in [0.29, 0.717) is 17.4 Å². The zero-order valence-electron chi connectivity index (χ0n) is 13.7. The van der Waals surface area contributed by atoms with Crippen LogP contribution >= 0.6 is 11.6 Å². The Morgan fingerprint density at radius 2 is 1.72 bits per heavy atom. The van der Waals surface area contributed by atoms with Crippen LogP contribution in [0.1, 0.15) is 21.6 Å². The average Bonchev–Trinajstić information content (AvgIpc) is 2.63. The summed E-state index contributed by atoms with van der Waals surface area (Å²) in [7, 11) is 0. The Kier molecular flexibility index (Phi) is 5.26. The Hall–Kier alpha value is -2.92. The second kappa shape index (κ2) is 7.77. The van der Waals surface area contributed by atoms with Gasteiger partial charge >= 0.3 is 0 Å². The van der Waals surface area contributed by atoms with E-state index >= 15 is 0 Å². The molecule has 1 amide bonds. The first-order chi connectivity index (χ1) is 12.1. The van der Waals surface area contributed by atoms with Crippen LogP contribution in [0.25, 0.3) is 0 Å². The van der Waals surface area contributed by atoms with E-state index in [4.69, 9.17) is 11.6 Å². The van der Waals surface area contributed by atoms with Crippen molar-refractivity contribution < 1.29 is 4.79 Å². The van der Waals surface area contributed by atoms with Crippen molar-refractivity contribution in [1.82, 2.24) is 15.3 Å². The van der Waals surface area contributed by atoms with Gasteiger partial charge in [-0.05, 0) is 36.8 Å². The minimum absolute atomic E-state index is 0.267. The van der Waals surface area contributed by atoms with Gasteiger partial charge in [-0.3, -0.25) is 4.79 Å². The number of benzene rings is 2. The number of halogens is 1. The summed E-state index contributed by atoms with van der Waals surface area (Å²) in [5.41, 5.74) is 3.33. The summed E-state index contributed by atoms with van der Waals surface area (Å²) in [6.07, 6.45) is 2.99. The zero-order chi connectivity index (χ0) is 17.6. The molecule has 0 bridgehead atoms. The van der Waals surface area contributed by atoms with E-state index in [-0.39, 0.29) is 11.6 Å². The Balaban J connectivity index is 1.58. The number of carbonyl (C=O) groups is 1. The number of aryl methyl sites for hydroxylation is 1. The van der Waals surface area contributed by atoms with Gasteiger partial charge in [0.2, 0.25) is 0 Å². The van der Waals surface area contributed by atoms with Crippen LogP contribution in [0, 0.1) is 6.92 Å². The lowest BCUT2D eigenvalue weighted by Crippen LogP contribution is -2.24. The maximum absolute atomic E-state index is 12.1. The summed E-state index contributed by atoms with van der Waals surface area (Å²) in [5.74, 6) is 0.308. The molecule has 3 aromatic rings. The maximum Gasteiger partial charge on any atom is 0.271 e. The van der Waals surface area contributed by atoms with Gasteiger partial charge in [-0.1, -0.05) is 41.4 Å². The number of anilines is 2. The summed E-state index contributed by atoms with van der Waals surface area (Å²) < 4.78 is 0. The van der Waals surface area contributed by atoms with Gasteiger partial charge in [-0.15, -0.1) is 0 Å². The first-order valence-electron chi connectivity index (χ1n) is 7.78. The molecule has 0 fully saturated rings. The van der Waals surface area contributed by atoms with Gasteiger partial charge in [0.05, 0.1) is 12.4 Å². The SMILES string of the molecule is Cc1ccc(Nc2cnc(C(=O)NCc3ccc(Cl)cc3)cn2)cc1. The van der Waals surface area contributed by atoms with Crippen molar-refractivity contribution in [2.45, 2.75) is 13.5 Å². The minimum atomic E-state index is -0.274. The summed E-state index contributed by atoms with van der Waals surface area (Å²) in [4.78, 5) is 20.5. The molecule has 0 saturated heterocycles. The highest BCUT2D eigenvalue weighted by Gasteiger charge is 2.08. The fraction of sp³-hybridized carbons (Fsp3) is 0.105. The molecular weight excluding hydrogens is 336 g/mol. The smallest absolute Gasteiger partial charge is 0.271 e. The number of hydrogen-bond donors (Lipinski definition) is 2. The molecule has 2 N–H and O–H groups in total. The number of rotatable bonds is 5. The quantitative estimate of drug-likeness (QED) is 0.725. The lowest BCUT2D eigenvalue weighted by Gasteiger charge is -2.07. The Morgan fingerprint density at radius 3 is 2.36 bits per heavy atom. The standard InChI is InChI=1S/C19H17ClN4O/c1-13-2-8-16(9-3-13)24-18-12-21-17(11-22-18)19(25)23-10-14-4-6-15(20)7-5-14/h2-9,11-12H,10H2,1H3,(H,22,24)(H,23,25). The Morgan fingerprint density at radius 1 is 1.00 bits per heavy atom. The number of hydrogen-bond acceptors (Lipinski definition) is 4. The highest BCUT2D eigenvalue weighted by atomic mass is 35.5. The number of aromatic nitrogens is 2. The third kappa shape index (κ3) is 4.78. The fourth-order valence-corrected chi connectivity index (χ4v) is 2.30. The van der Waals surface area contributed by atoms with Crippen molar-refractivity contribution in [1.29, 1.82) is 0 Å². The monoisotopic (exact) mass is 352 g/mol. The molecule has 1 heterocycles. The summed E-state index contributed by atoms with van der Waals surface area (Å²) in [6, 6.07) is 15.2. The number of amides is 1. The molecule has 1 aromatic heterocycles. The lowest BCUT2D eigenvalue weighted by atomic mass is 10.2. The van der Waals surface area contributed by atoms with Crippen LogP contribution in [0.5, 0.6) is 0 Å². The van der Waals surface area contributed by atoms with E-state index in [0.717, 1.165) is 11.3 Å². The molecule has 2 aromatic carbocycles. The van der Waals surface area contributed by atoms with Gasteiger partial charge in [0.15, 0.2) is 0 Å². The molecule has 25 heavy (non-hydrogen) atoms. The van der Waals surface area contributed by atoms with Crippen LogP contribution in [-0.2, 0) is 6.54 Å². The molecule has 0 aliphatic rings. The largest absolute Gasteiger partial charge is 0.347 e. The average molecular weight is 353 g/mol.